The lowest BCUT2D eigenvalue weighted by Gasteiger charge is -2.12. The summed E-state index contributed by atoms with van der Waals surface area (Å²) < 4.78 is 5.29. The van der Waals surface area contributed by atoms with Crippen LogP contribution in [0.2, 0.25) is 0 Å². The maximum atomic E-state index is 12.2. The summed E-state index contributed by atoms with van der Waals surface area (Å²) in [6, 6.07) is 13.2. The van der Waals surface area contributed by atoms with Crippen molar-refractivity contribution in [1.82, 2.24) is 10.5 Å². The molecule has 3 aromatic rings. The third-order valence-corrected chi connectivity index (χ3v) is 4.28. The van der Waals surface area contributed by atoms with Gasteiger partial charge in [-0.1, -0.05) is 11.2 Å². The molecule has 2 aromatic heterocycles. The molecule has 2 heterocycles. The maximum Gasteiger partial charge on any atom is 0.251 e. The van der Waals surface area contributed by atoms with Crippen molar-refractivity contribution in [2.24, 2.45) is 0 Å². The summed E-state index contributed by atoms with van der Waals surface area (Å²) in [5, 5.41) is 8.82. The second kappa shape index (κ2) is 6.66. The van der Waals surface area contributed by atoms with Crippen molar-refractivity contribution in [3.63, 3.8) is 0 Å². The number of carbonyl (C=O) groups excluding carboxylic acids is 1. The fourth-order valence-corrected chi connectivity index (χ4v) is 2.79. The van der Waals surface area contributed by atoms with Crippen LogP contribution in [0.5, 0.6) is 0 Å². The molecule has 0 radical (unpaired) electrons. The maximum absolute atomic E-state index is 12.2. The van der Waals surface area contributed by atoms with Crippen LogP contribution in [0.15, 0.2) is 52.4 Å². The lowest BCUT2D eigenvalue weighted by molar-refractivity contribution is 0.0950. The van der Waals surface area contributed by atoms with E-state index < -0.39 is 0 Å². The highest BCUT2D eigenvalue weighted by Crippen LogP contribution is 2.25. The molecule has 1 N–H and O–H groups in total. The summed E-state index contributed by atoms with van der Waals surface area (Å²) >= 11 is 1.59. The number of nitrogens with one attached hydrogen (secondary N) is 1. The van der Waals surface area contributed by atoms with E-state index in [1.807, 2.05) is 66.8 Å². The third-order valence-electron chi connectivity index (χ3n) is 3.40. The number of benzene rings is 1. The van der Waals surface area contributed by atoms with Gasteiger partial charge in [-0.05, 0) is 35.7 Å². The second-order valence-corrected chi connectivity index (χ2v) is 6.23. The first kappa shape index (κ1) is 15.3. The van der Waals surface area contributed by atoms with Crippen molar-refractivity contribution in [3.05, 3.63) is 59.1 Å². The van der Waals surface area contributed by atoms with Gasteiger partial charge in [0.15, 0.2) is 5.76 Å². The molecule has 0 unspecified atom stereocenters. The fourth-order valence-electron chi connectivity index (χ4n) is 2.11. The van der Waals surface area contributed by atoms with Crippen LogP contribution in [-0.2, 0) is 6.54 Å². The number of hydrogen-bond acceptors (Lipinski definition) is 5. The summed E-state index contributed by atoms with van der Waals surface area (Å²) in [6.45, 7) is 0.336. The molecule has 0 saturated heterocycles. The number of aromatic nitrogens is 1. The zero-order valence-electron chi connectivity index (χ0n) is 12.9. The first-order valence-electron chi connectivity index (χ1n) is 7.18. The number of anilines is 1. The van der Waals surface area contributed by atoms with E-state index in [4.69, 9.17) is 4.52 Å². The zero-order chi connectivity index (χ0) is 16.2. The van der Waals surface area contributed by atoms with Crippen molar-refractivity contribution in [1.29, 1.82) is 0 Å². The number of amides is 1. The molecule has 118 valence electrons. The van der Waals surface area contributed by atoms with Crippen LogP contribution in [-0.4, -0.2) is 25.2 Å². The van der Waals surface area contributed by atoms with Gasteiger partial charge in [0.1, 0.15) is 5.69 Å². The molecule has 1 aromatic carbocycles. The van der Waals surface area contributed by atoms with Crippen LogP contribution >= 0.6 is 11.3 Å². The van der Waals surface area contributed by atoms with Crippen molar-refractivity contribution in [3.8, 4) is 10.6 Å². The number of carbonyl (C=O) groups is 1. The summed E-state index contributed by atoms with van der Waals surface area (Å²) in [7, 11) is 3.93. The predicted molar refractivity (Wildman–Crippen MR) is 91.8 cm³/mol. The minimum Gasteiger partial charge on any atom is -0.378 e. The fraction of sp³-hybridized carbons (Fsp3) is 0.176. The molecular weight excluding hydrogens is 310 g/mol. The summed E-state index contributed by atoms with van der Waals surface area (Å²) in [5.74, 6) is 0.593. The van der Waals surface area contributed by atoms with Gasteiger partial charge in [0.05, 0.1) is 11.4 Å². The van der Waals surface area contributed by atoms with Gasteiger partial charge in [0.2, 0.25) is 0 Å². The van der Waals surface area contributed by atoms with E-state index in [1.165, 1.54) is 0 Å². The van der Waals surface area contributed by atoms with Gasteiger partial charge in [-0.3, -0.25) is 4.79 Å². The highest BCUT2D eigenvalue weighted by atomic mass is 32.1. The lowest BCUT2D eigenvalue weighted by Crippen LogP contribution is -2.23. The van der Waals surface area contributed by atoms with Crippen LogP contribution in [0, 0.1) is 0 Å². The van der Waals surface area contributed by atoms with Gasteiger partial charge in [-0.2, -0.15) is 0 Å². The number of thiophene rings is 1. The number of nitrogens with zero attached hydrogens (tertiary/aromatic N) is 2. The molecule has 5 nitrogen and oxygen atoms in total. The van der Waals surface area contributed by atoms with Gasteiger partial charge < -0.3 is 14.7 Å². The Morgan fingerprint density at radius 1 is 1.26 bits per heavy atom. The summed E-state index contributed by atoms with van der Waals surface area (Å²) in [6.07, 6.45) is 0. The highest BCUT2D eigenvalue weighted by Gasteiger charge is 2.10. The minimum atomic E-state index is -0.129. The normalized spacial score (nSPS) is 10.5. The molecule has 6 heteroatoms. The third kappa shape index (κ3) is 3.60. The van der Waals surface area contributed by atoms with Crippen LogP contribution in [0.25, 0.3) is 10.6 Å². The highest BCUT2D eigenvalue weighted by molar-refractivity contribution is 7.13. The molecule has 0 saturated carbocycles. The average molecular weight is 327 g/mol. The molecular formula is C17H17N3O2S. The van der Waals surface area contributed by atoms with E-state index in [9.17, 15) is 4.79 Å². The van der Waals surface area contributed by atoms with E-state index in [0.29, 0.717) is 17.8 Å². The number of rotatable bonds is 5. The Morgan fingerprint density at radius 3 is 2.70 bits per heavy atom. The van der Waals surface area contributed by atoms with Crippen LogP contribution in [0.4, 0.5) is 5.69 Å². The van der Waals surface area contributed by atoms with Crippen LogP contribution in [0.1, 0.15) is 16.1 Å². The van der Waals surface area contributed by atoms with E-state index >= 15 is 0 Å². The first-order valence-corrected chi connectivity index (χ1v) is 8.06. The Labute approximate surface area is 138 Å². The minimum absolute atomic E-state index is 0.129. The molecule has 0 fully saturated rings. The van der Waals surface area contributed by atoms with Crippen molar-refractivity contribution < 1.29 is 9.32 Å². The monoisotopic (exact) mass is 327 g/mol. The van der Waals surface area contributed by atoms with Crippen molar-refractivity contribution in [2.45, 2.75) is 6.54 Å². The van der Waals surface area contributed by atoms with E-state index in [0.717, 1.165) is 16.3 Å². The average Bonchev–Trinajstić information content (AvgIpc) is 3.23. The van der Waals surface area contributed by atoms with Gasteiger partial charge in [-0.25, -0.2) is 0 Å². The van der Waals surface area contributed by atoms with Gasteiger partial charge in [0, 0.05) is 31.4 Å². The Hall–Kier alpha value is -2.60. The van der Waals surface area contributed by atoms with E-state index in [1.54, 1.807) is 11.3 Å². The Morgan fingerprint density at radius 2 is 2.04 bits per heavy atom. The van der Waals surface area contributed by atoms with Crippen LogP contribution in [0.3, 0.4) is 0 Å². The molecule has 3 rings (SSSR count). The first-order chi connectivity index (χ1) is 11.1. The van der Waals surface area contributed by atoms with Crippen molar-refractivity contribution in [2.75, 3.05) is 19.0 Å². The van der Waals surface area contributed by atoms with Gasteiger partial charge in [-0.15, -0.1) is 11.3 Å². The summed E-state index contributed by atoms with van der Waals surface area (Å²) in [5.41, 5.74) is 2.38. The lowest BCUT2D eigenvalue weighted by atomic mass is 10.2. The second-order valence-electron chi connectivity index (χ2n) is 5.28. The van der Waals surface area contributed by atoms with Crippen molar-refractivity contribution >= 4 is 22.9 Å². The van der Waals surface area contributed by atoms with Gasteiger partial charge >= 0.3 is 0 Å². The molecule has 0 atom stereocenters. The Bertz CT molecular complexity index is 777. The SMILES string of the molecule is CN(C)c1ccc(C(=O)NCc2cc(-c3cccs3)on2)cc1. The van der Waals surface area contributed by atoms with Crippen LogP contribution < -0.4 is 10.2 Å². The standard InChI is InChI=1S/C17H17N3O2S/c1-20(2)14-7-5-12(6-8-14)17(21)18-11-13-10-15(22-19-13)16-4-3-9-23-16/h3-10H,11H2,1-2H3,(H,18,21). The molecule has 0 aliphatic heterocycles. The molecule has 0 spiro atoms. The molecule has 0 aliphatic carbocycles. The summed E-state index contributed by atoms with van der Waals surface area (Å²) in [4.78, 5) is 15.2. The molecule has 1 amide bonds. The van der Waals surface area contributed by atoms with Gasteiger partial charge in [0.25, 0.3) is 5.91 Å². The Balaban J connectivity index is 1.60. The quantitative estimate of drug-likeness (QED) is 0.780. The largest absolute Gasteiger partial charge is 0.378 e. The topological polar surface area (TPSA) is 58.4 Å². The smallest absolute Gasteiger partial charge is 0.251 e. The number of hydrogen-bond donors (Lipinski definition) is 1. The molecule has 23 heavy (non-hydrogen) atoms. The van der Waals surface area contributed by atoms with E-state index in [-0.39, 0.29) is 5.91 Å². The molecule has 0 bridgehead atoms. The zero-order valence-corrected chi connectivity index (χ0v) is 13.8. The predicted octanol–water partition coefficient (Wildman–Crippen LogP) is 3.40. The van der Waals surface area contributed by atoms with E-state index in [2.05, 4.69) is 10.5 Å². The molecule has 0 aliphatic rings. The Kier molecular flexibility index (Phi) is 4.43.